The van der Waals surface area contributed by atoms with Gasteiger partial charge in [0, 0.05) is 22.1 Å². The summed E-state index contributed by atoms with van der Waals surface area (Å²) >= 11 is 7.68. The third kappa shape index (κ3) is 4.03. The number of ether oxygens (including phenoxy) is 1. The number of rotatable bonds is 5. The lowest BCUT2D eigenvalue weighted by atomic mass is 10.1. The number of amides is 1. The summed E-state index contributed by atoms with van der Waals surface area (Å²) in [6.45, 7) is 4.03. The van der Waals surface area contributed by atoms with Gasteiger partial charge in [-0.3, -0.25) is 4.79 Å². The Kier molecular flexibility index (Phi) is 5.33. The molecule has 2 heterocycles. The highest BCUT2D eigenvalue weighted by Gasteiger charge is 2.25. The zero-order valence-electron chi connectivity index (χ0n) is 15.7. The molecule has 4 rings (SSSR count). The van der Waals surface area contributed by atoms with Crippen molar-refractivity contribution in [3.63, 3.8) is 0 Å². The van der Waals surface area contributed by atoms with E-state index in [4.69, 9.17) is 21.4 Å². The number of halogens is 1. The first-order chi connectivity index (χ1) is 13.5. The predicted molar refractivity (Wildman–Crippen MR) is 114 cm³/mol. The Morgan fingerprint density at radius 2 is 1.89 bits per heavy atom. The maximum atomic E-state index is 12.6. The number of aromatic nitrogens is 2. The van der Waals surface area contributed by atoms with Crippen LogP contribution in [0.5, 0.6) is 5.75 Å². The SMILES string of the molecule is Cc1cc(C)cc(-n2nc3c(c2NC(=O)COc2ccc(Cl)cc2)CSC3)c1. The molecule has 0 unspecified atom stereocenters. The van der Waals surface area contributed by atoms with Crippen LogP contribution in [-0.2, 0) is 16.3 Å². The molecular weight excluding hydrogens is 394 g/mol. The molecule has 0 saturated carbocycles. The average Bonchev–Trinajstić information content (AvgIpc) is 3.23. The molecule has 3 aromatic rings. The molecular formula is C21H20ClN3O2S. The first kappa shape index (κ1) is 18.9. The maximum absolute atomic E-state index is 12.6. The second-order valence-corrected chi connectivity index (χ2v) is 8.24. The second-order valence-electron chi connectivity index (χ2n) is 6.82. The van der Waals surface area contributed by atoms with Gasteiger partial charge < -0.3 is 10.1 Å². The molecule has 1 aliphatic rings. The number of hydrogen-bond acceptors (Lipinski definition) is 4. The smallest absolute Gasteiger partial charge is 0.263 e. The highest BCUT2D eigenvalue weighted by Crippen LogP contribution is 2.36. The molecule has 1 aliphatic heterocycles. The van der Waals surface area contributed by atoms with Gasteiger partial charge in [-0.25, -0.2) is 4.68 Å². The average molecular weight is 414 g/mol. The number of nitrogens with zero attached hydrogens (tertiary/aromatic N) is 2. The molecule has 0 atom stereocenters. The molecule has 28 heavy (non-hydrogen) atoms. The minimum Gasteiger partial charge on any atom is -0.484 e. The van der Waals surface area contributed by atoms with Crippen LogP contribution in [0.1, 0.15) is 22.4 Å². The molecule has 5 nitrogen and oxygen atoms in total. The van der Waals surface area contributed by atoms with E-state index < -0.39 is 0 Å². The van der Waals surface area contributed by atoms with Crippen LogP contribution in [0.15, 0.2) is 42.5 Å². The number of carbonyl (C=O) groups excluding carboxylic acids is 1. The predicted octanol–water partition coefficient (Wildman–Crippen LogP) is 4.91. The Hall–Kier alpha value is -2.44. The minimum absolute atomic E-state index is 0.0818. The minimum atomic E-state index is -0.222. The van der Waals surface area contributed by atoms with Gasteiger partial charge in [0.15, 0.2) is 6.61 Å². The molecule has 0 aliphatic carbocycles. The Balaban J connectivity index is 1.56. The Morgan fingerprint density at radius 3 is 2.61 bits per heavy atom. The Morgan fingerprint density at radius 1 is 1.18 bits per heavy atom. The van der Waals surface area contributed by atoms with Gasteiger partial charge in [0.1, 0.15) is 11.6 Å². The molecule has 0 saturated heterocycles. The van der Waals surface area contributed by atoms with Gasteiger partial charge in [0.2, 0.25) is 0 Å². The van der Waals surface area contributed by atoms with Gasteiger partial charge in [0.25, 0.3) is 5.91 Å². The Labute approximate surface area is 173 Å². The normalized spacial score (nSPS) is 12.7. The van der Waals surface area contributed by atoms with Gasteiger partial charge in [-0.15, -0.1) is 0 Å². The van der Waals surface area contributed by atoms with Crippen LogP contribution in [0.3, 0.4) is 0 Å². The molecule has 1 aromatic heterocycles. The van der Waals surface area contributed by atoms with Gasteiger partial charge in [0.05, 0.1) is 11.4 Å². The van der Waals surface area contributed by atoms with E-state index in [-0.39, 0.29) is 12.5 Å². The van der Waals surface area contributed by atoms with E-state index in [1.54, 1.807) is 36.0 Å². The summed E-state index contributed by atoms with van der Waals surface area (Å²) in [5.41, 5.74) is 5.37. The molecule has 0 radical (unpaired) electrons. The lowest BCUT2D eigenvalue weighted by Crippen LogP contribution is -2.22. The monoisotopic (exact) mass is 413 g/mol. The molecule has 1 N–H and O–H groups in total. The van der Waals surface area contributed by atoms with Gasteiger partial charge in [-0.1, -0.05) is 17.7 Å². The highest BCUT2D eigenvalue weighted by atomic mass is 35.5. The van der Waals surface area contributed by atoms with Crippen molar-refractivity contribution in [2.45, 2.75) is 25.4 Å². The van der Waals surface area contributed by atoms with Crippen molar-refractivity contribution in [2.75, 3.05) is 11.9 Å². The summed E-state index contributed by atoms with van der Waals surface area (Å²) in [5.74, 6) is 2.81. The lowest BCUT2D eigenvalue weighted by molar-refractivity contribution is -0.118. The number of fused-ring (bicyclic) bond motifs is 1. The van der Waals surface area contributed by atoms with E-state index >= 15 is 0 Å². The van der Waals surface area contributed by atoms with E-state index in [0.717, 1.165) is 45.4 Å². The standard InChI is InChI=1S/C21H20ClN3O2S/c1-13-7-14(2)9-16(8-13)25-21(18-11-28-12-19(18)24-25)23-20(26)10-27-17-5-3-15(22)4-6-17/h3-9H,10-12H2,1-2H3,(H,23,26). The van der Waals surface area contributed by atoms with Crippen LogP contribution >= 0.6 is 23.4 Å². The third-order valence-electron chi connectivity index (χ3n) is 4.44. The first-order valence-electron chi connectivity index (χ1n) is 8.95. The largest absolute Gasteiger partial charge is 0.484 e. The van der Waals surface area contributed by atoms with Crippen molar-refractivity contribution in [2.24, 2.45) is 0 Å². The van der Waals surface area contributed by atoms with E-state index in [1.807, 2.05) is 4.68 Å². The van der Waals surface area contributed by atoms with Gasteiger partial charge in [-0.2, -0.15) is 16.9 Å². The summed E-state index contributed by atoms with van der Waals surface area (Å²) in [6, 6.07) is 13.2. The van der Waals surface area contributed by atoms with Crippen LogP contribution < -0.4 is 10.1 Å². The summed E-state index contributed by atoms with van der Waals surface area (Å²) in [5, 5.41) is 8.38. The summed E-state index contributed by atoms with van der Waals surface area (Å²) < 4.78 is 7.41. The number of carbonyl (C=O) groups is 1. The quantitative estimate of drug-likeness (QED) is 0.645. The number of aryl methyl sites for hydroxylation is 2. The number of anilines is 1. The van der Waals surface area contributed by atoms with Crippen molar-refractivity contribution in [1.82, 2.24) is 9.78 Å². The number of hydrogen-bond donors (Lipinski definition) is 1. The number of thioether (sulfide) groups is 1. The van der Waals surface area contributed by atoms with Crippen molar-refractivity contribution in [1.29, 1.82) is 0 Å². The van der Waals surface area contributed by atoms with Crippen molar-refractivity contribution >= 4 is 35.1 Å². The van der Waals surface area contributed by atoms with Gasteiger partial charge >= 0.3 is 0 Å². The van der Waals surface area contributed by atoms with Crippen molar-refractivity contribution in [3.8, 4) is 11.4 Å². The van der Waals surface area contributed by atoms with Crippen LogP contribution in [0.4, 0.5) is 5.82 Å². The molecule has 1 amide bonds. The zero-order chi connectivity index (χ0) is 19.7. The fourth-order valence-corrected chi connectivity index (χ4v) is 4.41. The van der Waals surface area contributed by atoms with Crippen LogP contribution in [0.25, 0.3) is 5.69 Å². The molecule has 0 fully saturated rings. The van der Waals surface area contributed by atoms with E-state index in [9.17, 15) is 4.79 Å². The van der Waals surface area contributed by atoms with E-state index in [0.29, 0.717) is 10.8 Å². The molecule has 0 spiro atoms. The van der Waals surface area contributed by atoms with Crippen molar-refractivity contribution in [3.05, 3.63) is 69.9 Å². The highest BCUT2D eigenvalue weighted by molar-refractivity contribution is 7.98. The topological polar surface area (TPSA) is 56.2 Å². The van der Waals surface area contributed by atoms with Crippen LogP contribution in [0, 0.1) is 13.8 Å². The van der Waals surface area contributed by atoms with E-state index in [1.165, 1.54) is 0 Å². The van der Waals surface area contributed by atoms with Crippen LogP contribution in [-0.4, -0.2) is 22.3 Å². The van der Waals surface area contributed by atoms with Crippen LogP contribution in [0.2, 0.25) is 5.02 Å². The van der Waals surface area contributed by atoms with E-state index in [2.05, 4.69) is 37.4 Å². The fourth-order valence-electron chi connectivity index (χ4n) is 3.25. The summed E-state index contributed by atoms with van der Waals surface area (Å²) in [7, 11) is 0. The zero-order valence-corrected chi connectivity index (χ0v) is 17.2. The van der Waals surface area contributed by atoms with Crippen molar-refractivity contribution < 1.29 is 9.53 Å². The third-order valence-corrected chi connectivity index (χ3v) is 5.67. The first-order valence-corrected chi connectivity index (χ1v) is 10.5. The fraction of sp³-hybridized carbons (Fsp3) is 0.238. The molecule has 0 bridgehead atoms. The summed E-state index contributed by atoms with van der Waals surface area (Å²) in [6.07, 6.45) is 0. The molecule has 144 valence electrons. The number of nitrogens with one attached hydrogen (secondary N) is 1. The van der Waals surface area contributed by atoms with Gasteiger partial charge in [-0.05, 0) is 61.4 Å². The molecule has 2 aromatic carbocycles. The summed E-state index contributed by atoms with van der Waals surface area (Å²) in [4.78, 5) is 12.6. The molecule has 7 heteroatoms. The number of benzene rings is 2. The lowest BCUT2D eigenvalue weighted by Gasteiger charge is -2.13. The maximum Gasteiger partial charge on any atom is 0.263 e. The Bertz CT molecular complexity index is 1010. The second kappa shape index (κ2) is 7.89.